The molecule has 4 rings (SSSR count). The molecule has 7 nitrogen and oxygen atoms in total. The highest BCUT2D eigenvalue weighted by Crippen LogP contribution is 2.34. The van der Waals surface area contributed by atoms with Crippen molar-refractivity contribution in [2.45, 2.75) is 30.8 Å². The third-order valence-electron chi connectivity index (χ3n) is 5.97. The number of rotatable bonds is 10. The van der Waals surface area contributed by atoms with E-state index in [-0.39, 0.29) is 16.4 Å². The van der Waals surface area contributed by atoms with Crippen LogP contribution in [0, 0.1) is 6.92 Å². The van der Waals surface area contributed by atoms with Gasteiger partial charge in [-0.05, 0) is 37.3 Å². The molecule has 0 aliphatic heterocycles. The molecule has 0 N–H and O–H groups in total. The zero-order valence-corrected chi connectivity index (χ0v) is 22.4. The van der Waals surface area contributed by atoms with Gasteiger partial charge in [-0.3, -0.25) is 9.36 Å². The van der Waals surface area contributed by atoms with Gasteiger partial charge in [-0.1, -0.05) is 67.6 Å². The van der Waals surface area contributed by atoms with Crippen molar-refractivity contribution < 1.29 is 17.9 Å². The molecule has 0 saturated carbocycles. The Labute approximate surface area is 216 Å². The van der Waals surface area contributed by atoms with E-state index in [4.69, 9.17) is 9.72 Å². The van der Waals surface area contributed by atoms with Gasteiger partial charge >= 0.3 is 0 Å². The van der Waals surface area contributed by atoms with E-state index in [1.807, 2.05) is 73.9 Å². The highest BCUT2D eigenvalue weighted by molar-refractivity contribution is 7.99. The van der Waals surface area contributed by atoms with Crippen molar-refractivity contribution in [2.75, 3.05) is 26.0 Å². The molecule has 0 spiro atoms. The number of para-hydroxylation sites is 2. The molecule has 9 heteroatoms. The van der Waals surface area contributed by atoms with Gasteiger partial charge in [0.25, 0.3) is 0 Å². The van der Waals surface area contributed by atoms with Crippen molar-refractivity contribution in [3.8, 4) is 11.4 Å². The van der Waals surface area contributed by atoms with E-state index < -0.39 is 10.0 Å². The zero-order valence-electron chi connectivity index (χ0n) is 20.8. The van der Waals surface area contributed by atoms with Crippen molar-refractivity contribution in [3.63, 3.8) is 0 Å². The monoisotopic (exact) mass is 523 g/mol. The van der Waals surface area contributed by atoms with E-state index in [1.165, 1.54) is 16.1 Å². The van der Waals surface area contributed by atoms with Crippen LogP contribution in [0.5, 0.6) is 5.75 Å². The van der Waals surface area contributed by atoms with Crippen molar-refractivity contribution >= 4 is 38.6 Å². The molecule has 188 valence electrons. The molecule has 0 atom stereocenters. The minimum atomic E-state index is -3.64. The number of nitrogens with zero attached hydrogens (tertiary/aromatic N) is 3. The summed E-state index contributed by atoms with van der Waals surface area (Å²) in [5, 5.41) is 0.576. The molecule has 0 radical (unpaired) electrons. The van der Waals surface area contributed by atoms with Crippen molar-refractivity contribution in [3.05, 3.63) is 77.9 Å². The Morgan fingerprint density at radius 3 is 2.39 bits per heavy atom. The number of hydrogen-bond donors (Lipinski definition) is 0. The number of sulfonamides is 1. The molecular formula is C27H29N3O4S2. The van der Waals surface area contributed by atoms with Crippen molar-refractivity contribution in [1.29, 1.82) is 0 Å². The summed E-state index contributed by atoms with van der Waals surface area (Å²) >= 11 is 1.31. The van der Waals surface area contributed by atoms with Crippen LogP contribution < -0.4 is 4.74 Å². The lowest BCUT2D eigenvalue weighted by Crippen LogP contribution is -2.30. The van der Waals surface area contributed by atoms with E-state index >= 15 is 0 Å². The minimum Gasteiger partial charge on any atom is -0.495 e. The summed E-state index contributed by atoms with van der Waals surface area (Å²) in [4.78, 5) is 17.8. The Morgan fingerprint density at radius 1 is 1.03 bits per heavy atom. The third kappa shape index (κ3) is 5.04. The Hall–Kier alpha value is -3.14. The first kappa shape index (κ1) is 25.9. The van der Waals surface area contributed by atoms with Crippen LogP contribution in [0.4, 0.5) is 0 Å². The number of Topliss-reactive ketones (excluding diaryl/α,β-unsaturated/α-hetero) is 1. The highest BCUT2D eigenvalue weighted by Gasteiger charge is 2.24. The van der Waals surface area contributed by atoms with Crippen LogP contribution in [0.2, 0.25) is 0 Å². The molecule has 0 bridgehead atoms. The number of carbonyl (C=O) groups excluding carboxylic acids is 1. The average molecular weight is 524 g/mol. The topological polar surface area (TPSA) is 81.5 Å². The molecule has 36 heavy (non-hydrogen) atoms. The van der Waals surface area contributed by atoms with Crippen LogP contribution in [0.15, 0.2) is 76.8 Å². The number of aromatic nitrogens is 2. The Morgan fingerprint density at radius 2 is 1.72 bits per heavy atom. The fourth-order valence-corrected chi connectivity index (χ4v) is 6.40. The van der Waals surface area contributed by atoms with Gasteiger partial charge in [-0.2, -0.15) is 4.31 Å². The van der Waals surface area contributed by atoms with Crippen molar-refractivity contribution in [2.24, 2.45) is 0 Å². The maximum Gasteiger partial charge on any atom is 0.243 e. The van der Waals surface area contributed by atoms with Crippen LogP contribution in [0.3, 0.4) is 0 Å². The first-order valence-electron chi connectivity index (χ1n) is 11.7. The summed E-state index contributed by atoms with van der Waals surface area (Å²) in [6.07, 6.45) is 0. The predicted octanol–water partition coefficient (Wildman–Crippen LogP) is 5.35. The van der Waals surface area contributed by atoms with Gasteiger partial charge in [-0.15, -0.1) is 0 Å². The molecule has 0 unspecified atom stereocenters. The Kier molecular flexibility index (Phi) is 7.82. The van der Waals surface area contributed by atoms with Gasteiger partial charge < -0.3 is 4.74 Å². The lowest BCUT2D eigenvalue weighted by atomic mass is 10.1. The normalized spacial score (nSPS) is 11.8. The standard InChI is InChI=1S/C27H29N3O4S2/c1-5-29(6-2)36(32,33)21-15-16-23-22(17-21)28-27(30(23)24-9-7-8-10-26(24)34-4)35-18-25(31)20-13-11-19(3)12-14-20/h7-17H,5-6,18H2,1-4H3. The number of carbonyl (C=O) groups is 1. The van der Waals surface area contributed by atoms with Crippen LogP contribution in [0.1, 0.15) is 29.8 Å². The summed E-state index contributed by atoms with van der Waals surface area (Å²) < 4.78 is 35.2. The smallest absolute Gasteiger partial charge is 0.243 e. The van der Waals surface area contributed by atoms with E-state index in [9.17, 15) is 13.2 Å². The second-order valence-corrected chi connectivity index (χ2v) is 11.1. The Bertz CT molecular complexity index is 1490. The largest absolute Gasteiger partial charge is 0.495 e. The zero-order chi connectivity index (χ0) is 25.9. The second-order valence-electron chi connectivity index (χ2n) is 8.22. The number of methoxy groups -OCH3 is 1. The quantitative estimate of drug-likeness (QED) is 0.206. The van der Waals surface area contributed by atoms with Gasteiger partial charge in [0.15, 0.2) is 10.9 Å². The third-order valence-corrected chi connectivity index (χ3v) is 8.95. The first-order chi connectivity index (χ1) is 17.3. The van der Waals surface area contributed by atoms with Gasteiger partial charge in [0.2, 0.25) is 10.0 Å². The van der Waals surface area contributed by atoms with Crippen LogP contribution in [-0.2, 0) is 10.0 Å². The van der Waals surface area contributed by atoms with Crippen LogP contribution in [-0.4, -0.2) is 54.0 Å². The lowest BCUT2D eigenvalue weighted by Gasteiger charge is -2.18. The summed E-state index contributed by atoms with van der Waals surface area (Å²) in [5.41, 5.74) is 3.74. The fourth-order valence-electron chi connectivity index (χ4n) is 4.01. The SMILES string of the molecule is CCN(CC)S(=O)(=O)c1ccc2c(c1)nc(SCC(=O)c1ccc(C)cc1)n2-c1ccccc1OC. The first-order valence-corrected chi connectivity index (χ1v) is 14.1. The molecule has 4 aromatic rings. The number of fused-ring (bicyclic) bond motifs is 1. The van der Waals surface area contributed by atoms with E-state index in [2.05, 4.69) is 0 Å². The number of hydrogen-bond acceptors (Lipinski definition) is 6. The Balaban J connectivity index is 1.80. The number of ketones is 1. The molecule has 3 aromatic carbocycles. The number of ether oxygens (including phenoxy) is 1. The van der Waals surface area contributed by atoms with E-state index in [1.54, 1.807) is 25.3 Å². The van der Waals surface area contributed by atoms with Gasteiger partial charge in [0.05, 0.1) is 34.5 Å². The summed E-state index contributed by atoms with van der Waals surface area (Å²) in [6.45, 7) is 6.38. The van der Waals surface area contributed by atoms with Crippen LogP contribution >= 0.6 is 11.8 Å². The number of imidazole rings is 1. The number of aryl methyl sites for hydroxylation is 1. The van der Waals surface area contributed by atoms with E-state index in [0.717, 1.165) is 16.8 Å². The molecule has 0 fully saturated rings. The molecule has 0 saturated heterocycles. The molecular weight excluding hydrogens is 494 g/mol. The summed E-state index contributed by atoms with van der Waals surface area (Å²) in [5.74, 6) is 0.818. The molecule has 1 heterocycles. The highest BCUT2D eigenvalue weighted by atomic mass is 32.2. The van der Waals surface area contributed by atoms with Crippen LogP contribution in [0.25, 0.3) is 16.7 Å². The van der Waals surface area contributed by atoms with E-state index in [0.29, 0.717) is 35.1 Å². The average Bonchev–Trinajstić information content (AvgIpc) is 3.25. The second kappa shape index (κ2) is 10.9. The van der Waals surface area contributed by atoms with Gasteiger partial charge in [0, 0.05) is 18.7 Å². The van der Waals surface area contributed by atoms with Gasteiger partial charge in [0.1, 0.15) is 5.75 Å². The fraction of sp³-hybridized carbons (Fsp3) is 0.259. The summed E-state index contributed by atoms with van der Waals surface area (Å²) in [7, 11) is -2.04. The maximum absolute atomic E-state index is 13.1. The van der Waals surface area contributed by atoms with Gasteiger partial charge in [-0.25, -0.2) is 13.4 Å². The minimum absolute atomic E-state index is 0.0107. The summed E-state index contributed by atoms with van der Waals surface area (Å²) in [6, 6.07) is 20.0. The molecule has 0 aliphatic carbocycles. The maximum atomic E-state index is 13.1. The predicted molar refractivity (Wildman–Crippen MR) is 144 cm³/mol. The molecule has 0 aliphatic rings. The van der Waals surface area contributed by atoms with Crippen molar-refractivity contribution in [1.82, 2.24) is 13.9 Å². The molecule has 0 amide bonds. The number of benzene rings is 3. The lowest BCUT2D eigenvalue weighted by molar-refractivity contribution is 0.102. The number of thioether (sulfide) groups is 1. The molecule has 1 aromatic heterocycles.